The van der Waals surface area contributed by atoms with Crippen LogP contribution in [0.25, 0.3) is 0 Å². The summed E-state index contributed by atoms with van der Waals surface area (Å²) in [5.74, 6) is 2.74. The molecule has 0 unspecified atom stereocenters. The second-order valence-electron chi connectivity index (χ2n) is 5.47. The number of hydrogen-bond acceptors (Lipinski definition) is 2. The highest BCUT2D eigenvalue weighted by Gasteiger charge is 2.17. The molecule has 0 atom stereocenters. The lowest BCUT2D eigenvalue weighted by atomic mass is 9.83. The minimum Gasteiger partial charge on any atom is -0.494 e. The normalized spacial score (nSPS) is 23.7. The number of benzene rings is 1. The third kappa shape index (κ3) is 3.94. The fraction of sp³-hybridized carbons (Fsp3) is 0.625. The van der Waals surface area contributed by atoms with Crippen LogP contribution >= 0.6 is 0 Å². The van der Waals surface area contributed by atoms with E-state index in [9.17, 15) is 0 Å². The predicted molar refractivity (Wildman–Crippen MR) is 77.2 cm³/mol. The van der Waals surface area contributed by atoms with Crippen LogP contribution in [0.1, 0.15) is 39.5 Å². The molecule has 1 aliphatic carbocycles. The summed E-state index contributed by atoms with van der Waals surface area (Å²) in [6.45, 7) is 6.21. The van der Waals surface area contributed by atoms with E-state index >= 15 is 0 Å². The molecule has 2 rings (SSSR count). The van der Waals surface area contributed by atoms with Gasteiger partial charge < -0.3 is 10.1 Å². The lowest BCUT2D eigenvalue weighted by Crippen LogP contribution is -2.20. The van der Waals surface area contributed by atoms with Crippen LogP contribution in [0.2, 0.25) is 0 Å². The lowest BCUT2D eigenvalue weighted by Gasteiger charge is -2.26. The molecule has 1 fully saturated rings. The molecule has 0 heterocycles. The molecule has 18 heavy (non-hydrogen) atoms. The van der Waals surface area contributed by atoms with E-state index in [-0.39, 0.29) is 0 Å². The molecule has 0 spiro atoms. The first-order valence-electron chi connectivity index (χ1n) is 7.24. The summed E-state index contributed by atoms with van der Waals surface area (Å²) < 4.78 is 5.51. The van der Waals surface area contributed by atoms with Crippen LogP contribution in [0.15, 0.2) is 24.3 Å². The molecule has 0 aromatic heterocycles. The van der Waals surface area contributed by atoms with Crippen molar-refractivity contribution in [2.75, 3.05) is 18.5 Å². The molecule has 0 saturated heterocycles. The number of ether oxygens (including phenoxy) is 1. The fourth-order valence-corrected chi connectivity index (χ4v) is 2.66. The van der Waals surface area contributed by atoms with Gasteiger partial charge >= 0.3 is 0 Å². The van der Waals surface area contributed by atoms with E-state index < -0.39 is 0 Å². The minimum absolute atomic E-state index is 0.726. The molecule has 0 radical (unpaired) electrons. The van der Waals surface area contributed by atoms with Crippen molar-refractivity contribution >= 4 is 5.69 Å². The van der Waals surface area contributed by atoms with E-state index in [2.05, 4.69) is 30.4 Å². The highest BCUT2D eigenvalue weighted by molar-refractivity contribution is 5.48. The summed E-state index contributed by atoms with van der Waals surface area (Å²) in [5.41, 5.74) is 1.18. The third-order valence-electron chi connectivity index (χ3n) is 3.88. The molecule has 2 heteroatoms. The average molecular weight is 247 g/mol. The van der Waals surface area contributed by atoms with Gasteiger partial charge in [0.2, 0.25) is 0 Å². The molecule has 1 saturated carbocycles. The van der Waals surface area contributed by atoms with Gasteiger partial charge in [-0.25, -0.2) is 0 Å². The van der Waals surface area contributed by atoms with Crippen molar-refractivity contribution in [3.63, 3.8) is 0 Å². The van der Waals surface area contributed by atoms with Gasteiger partial charge in [-0.1, -0.05) is 25.8 Å². The van der Waals surface area contributed by atoms with Gasteiger partial charge in [0, 0.05) is 18.3 Å². The van der Waals surface area contributed by atoms with Gasteiger partial charge in [0.15, 0.2) is 0 Å². The van der Waals surface area contributed by atoms with Crippen molar-refractivity contribution in [3.8, 4) is 5.75 Å². The Morgan fingerprint density at radius 3 is 2.72 bits per heavy atom. The van der Waals surface area contributed by atoms with Crippen LogP contribution in [0, 0.1) is 11.8 Å². The SMILES string of the molecule is CCOc1cccc(NCC2CCC(C)CC2)c1. The van der Waals surface area contributed by atoms with Crippen molar-refractivity contribution in [1.82, 2.24) is 0 Å². The first-order chi connectivity index (χ1) is 8.78. The highest BCUT2D eigenvalue weighted by Crippen LogP contribution is 2.28. The second-order valence-corrected chi connectivity index (χ2v) is 5.47. The number of nitrogens with one attached hydrogen (secondary N) is 1. The Bertz CT molecular complexity index is 356. The van der Waals surface area contributed by atoms with E-state index in [1.807, 2.05) is 13.0 Å². The van der Waals surface area contributed by atoms with Crippen molar-refractivity contribution in [3.05, 3.63) is 24.3 Å². The number of hydrogen-bond donors (Lipinski definition) is 1. The molecule has 100 valence electrons. The molecule has 1 N–H and O–H groups in total. The maximum atomic E-state index is 5.51. The quantitative estimate of drug-likeness (QED) is 0.836. The maximum absolute atomic E-state index is 5.51. The molecule has 1 aromatic carbocycles. The van der Waals surface area contributed by atoms with Crippen LogP contribution in [0.5, 0.6) is 5.75 Å². The van der Waals surface area contributed by atoms with E-state index in [1.54, 1.807) is 0 Å². The molecule has 0 bridgehead atoms. The van der Waals surface area contributed by atoms with Gasteiger partial charge in [-0.15, -0.1) is 0 Å². The van der Waals surface area contributed by atoms with E-state index in [0.29, 0.717) is 0 Å². The zero-order valence-corrected chi connectivity index (χ0v) is 11.6. The van der Waals surface area contributed by atoms with Crippen LogP contribution in [-0.2, 0) is 0 Å². The first-order valence-corrected chi connectivity index (χ1v) is 7.24. The second kappa shape index (κ2) is 6.67. The predicted octanol–water partition coefficient (Wildman–Crippen LogP) is 4.32. The van der Waals surface area contributed by atoms with Crippen molar-refractivity contribution in [2.24, 2.45) is 11.8 Å². The van der Waals surface area contributed by atoms with Gasteiger partial charge in [0.05, 0.1) is 6.61 Å². The minimum atomic E-state index is 0.726. The summed E-state index contributed by atoms with van der Waals surface area (Å²) in [6, 6.07) is 8.27. The highest BCUT2D eigenvalue weighted by atomic mass is 16.5. The Hall–Kier alpha value is -1.18. The van der Waals surface area contributed by atoms with Gasteiger partial charge in [-0.05, 0) is 43.7 Å². The largest absolute Gasteiger partial charge is 0.494 e. The first kappa shape index (κ1) is 13.3. The maximum Gasteiger partial charge on any atom is 0.121 e. The Labute approximate surface area is 111 Å². The molecular weight excluding hydrogens is 222 g/mol. The number of anilines is 1. The molecule has 2 nitrogen and oxygen atoms in total. The molecule has 0 aliphatic heterocycles. The Balaban J connectivity index is 1.80. The lowest BCUT2D eigenvalue weighted by molar-refractivity contribution is 0.300. The van der Waals surface area contributed by atoms with Crippen LogP contribution < -0.4 is 10.1 Å². The Morgan fingerprint density at radius 2 is 2.00 bits per heavy atom. The zero-order chi connectivity index (χ0) is 12.8. The van der Waals surface area contributed by atoms with Gasteiger partial charge in [0.1, 0.15) is 5.75 Å². The van der Waals surface area contributed by atoms with Gasteiger partial charge in [-0.2, -0.15) is 0 Å². The number of rotatable bonds is 5. The summed E-state index contributed by atoms with van der Waals surface area (Å²) >= 11 is 0. The van der Waals surface area contributed by atoms with Crippen molar-refractivity contribution in [2.45, 2.75) is 39.5 Å². The van der Waals surface area contributed by atoms with Gasteiger partial charge in [0.25, 0.3) is 0 Å². The summed E-state index contributed by atoms with van der Waals surface area (Å²) in [5, 5.41) is 3.55. The van der Waals surface area contributed by atoms with Gasteiger partial charge in [-0.3, -0.25) is 0 Å². The average Bonchev–Trinajstić information content (AvgIpc) is 2.39. The monoisotopic (exact) mass is 247 g/mol. The smallest absolute Gasteiger partial charge is 0.121 e. The van der Waals surface area contributed by atoms with Crippen LogP contribution in [0.3, 0.4) is 0 Å². The molecule has 1 aromatic rings. The van der Waals surface area contributed by atoms with Crippen molar-refractivity contribution < 1.29 is 4.74 Å². The fourth-order valence-electron chi connectivity index (χ4n) is 2.66. The van der Waals surface area contributed by atoms with Crippen LogP contribution in [0.4, 0.5) is 5.69 Å². The summed E-state index contributed by atoms with van der Waals surface area (Å²) in [4.78, 5) is 0. The molecule has 0 amide bonds. The Kier molecular flexibility index (Phi) is 4.91. The van der Waals surface area contributed by atoms with Crippen molar-refractivity contribution in [1.29, 1.82) is 0 Å². The summed E-state index contributed by atoms with van der Waals surface area (Å²) in [7, 11) is 0. The third-order valence-corrected chi connectivity index (χ3v) is 3.88. The van der Waals surface area contributed by atoms with Crippen LogP contribution in [-0.4, -0.2) is 13.2 Å². The Morgan fingerprint density at radius 1 is 1.22 bits per heavy atom. The van der Waals surface area contributed by atoms with E-state index in [0.717, 1.165) is 30.7 Å². The van der Waals surface area contributed by atoms with E-state index in [4.69, 9.17) is 4.74 Å². The standard InChI is InChI=1S/C16H25NO/c1-3-18-16-6-4-5-15(11-16)17-12-14-9-7-13(2)8-10-14/h4-6,11,13-14,17H,3,7-10,12H2,1-2H3. The molecule has 1 aliphatic rings. The summed E-state index contributed by atoms with van der Waals surface area (Å²) in [6.07, 6.45) is 5.54. The zero-order valence-electron chi connectivity index (χ0n) is 11.6. The molecular formula is C16H25NO. The topological polar surface area (TPSA) is 21.3 Å². The van der Waals surface area contributed by atoms with E-state index in [1.165, 1.54) is 31.4 Å².